The van der Waals surface area contributed by atoms with Gasteiger partial charge in [0.2, 0.25) is 0 Å². The molecule has 0 aromatic heterocycles. The van der Waals surface area contributed by atoms with Gasteiger partial charge in [-0.3, -0.25) is 9.59 Å². The van der Waals surface area contributed by atoms with Crippen LogP contribution in [0.1, 0.15) is 25.0 Å². The zero-order chi connectivity index (χ0) is 23.4. The van der Waals surface area contributed by atoms with E-state index in [1.54, 1.807) is 30.3 Å². The van der Waals surface area contributed by atoms with Crippen LogP contribution in [-0.2, 0) is 9.59 Å². The van der Waals surface area contributed by atoms with Gasteiger partial charge in [-0.1, -0.05) is 36.4 Å². The van der Waals surface area contributed by atoms with Crippen molar-refractivity contribution in [3.63, 3.8) is 0 Å². The molecular formula is C27H26N2O4. The summed E-state index contributed by atoms with van der Waals surface area (Å²) in [5, 5.41) is 3.19. The number of nitrogens with one attached hydrogen (secondary N) is 1. The summed E-state index contributed by atoms with van der Waals surface area (Å²) in [4.78, 5) is 28.4. The molecule has 6 nitrogen and oxygen atoms in total. The van der Waals surface area contributed by atoms with E-state index < -0.39 is 5.91 Å². The minimum atomic E-state index is -0.416. The molecular weight excluding hydrogens is 416 g/mol. The third kappa shape index (κ3) is 4.46. The molecule has 2 amide bonds. The highest BCUT2D eigenvalue weighted by Crippen LogP contribution is 2.36. The number of hydrogen-bond acceptors (Lipinski definition) is 5. The van der Waals surface area contributed by atoms with Gasteiger partial charge >= 0.3 is 0 Å². The zero-order valence-electron chi connectivity index (χ0n) is 18.9. The average Bonchev–Trinajstić information content (AvgIpc) is 3.05. The number of para-hydroxylation sites is 2. The molecule has 0 fully saturated rings. The molecule has 0 spiro atoms. The van der Waals surface area contributed by atoms with Crippen molar-refractivity contribution in [2.24, 2.45) is 0 Å². The lowest BCUT2D eigenvalue weighted by atomic mass is 10.0. The Balaban J connectivity index is 1.81. The lowest BCUT2D eigenvalue weighted by Gasteiger charge is -2.16. The number of hydrogen-bond donors (Lipinski definition) is 1. The van der Waals surface area contributed by atoms with E-state index in [4.69, 9.17) is 9.47 Å². The minimum Gasteiger partial charge on any atom is -0.494 e. The van der Waals surface area contributed by atoms with Crippen LogP contribution in [0.25, 0.3) is 5.57 Å². The summed E-state index contributed by atoms with van der Waals surface area (Å²) in [6.07, 6.45) is 0. The molecule has 1 N–H and O–H groups in total. The van der Waals surface area contributed by atoms with E-state index >= 15 is 0 Å². The summed E-state index contributed by atoms with van der Waals surface area (Å²) in [7, 11) is 0. The molecule has 168 valence electrons. The number of nitrogens with zero attached hydrogens (tertiary/aromatic N) is 1. The van der Waals surface area contributed by atoms with Gasteiger partial charge in [0.15, 0.2) is 0 Å². The van der Waals surface area contributed by atoms with Crippen molar-refractivity contribution in [3.05, 3.63) is 89.6 Å². The topological polar surface area (TPSA) is 67.9 Å². The zero-order valence-corrected chi connectivity index (χ0v) is 18.9. The molecule has 33 heavy (non-hydrogen) atoms. The van der Waals surface area contributed by atoms with Crippen molar-refractivity contribution in [1.29, 1.82) is 0 Å². The van der Waals surface area contributed by atoms with E-state index in [9.17, 15) is 9.59 Å². The third-order valence-electron chi connectivity index (χ3n) is 5.24. The molecule has 0 unspecified atom stereocenters. The molecule has 0 aliphatic carbocycles. The maximum absolute atomic E-state index is 13.6. The monoisotopic (exact) mass is 442 g/mol. The number of carbonyl (C=O) groups excluding carboxylic acids is 2. The fourth-order valence-corrected chi connectivity index (χ4v) is 3.79. The molecule has 3 aromatic rings. The fraction of sp³-hybridized carbons (Fsp3) is 0.185. The Morgan fingerprint density at radius 1 is 0.818 bits per heavy atom. The van der Waals surface area contributed by atoms with E-state index in [-0.39, 0.29) is 11.6 Å². The summed E-state index contributed by atoms with van der Waals surface area (Å²) in [5.41, 5.74) is 3.24. The predicted octanol–water partition coefficient (Wildman–Crippen LogP) is 5.19. The standard InChI is InChI=1S/C27H26N2O4/c1-4-32-21-15-13-19(14-16-21)24-25(28-22-11-6-7-12-23(22)33-5-2)27(31)29(26(24)30)20-10-8-9-18(3)17-20/h6-17,28H,4-5H2,1-3H3. The van der Waals surface area contributed by atoms with Crippen LogP contribution < -0.4 is 19.7 Å². The second-order valence-corrected chi connectivity index (χ2v) is 7.55. The van der Waals surface area contributed by atoms with Gasteiger partial charge in [-0.15, -0.1) is 0 Å². The number of amides is 2. The van der Waals surface area contributed by atoms with E-state index in [2.05, 4.69) is 5.32 Å². The molecule has 6 heteroatoms. The van der Waals surface area contributed by atoms with Gasteiger partial charge in [0.25, 0.3) is 11.8 Å². The van der Waals surface area contributed by atoms with Gasteiger partial charge in [0.05, 0.1) is 30.2 Å². The Bertz CT molecular complexity index is 1210. The normalized spacial score (nSPS) is 13.5. The van der Waals surface area contributed by atoms with Gasteiger partial charge in [-0.05, 0) is 68.3 Å². The molecule has 0 radical (unpaired) electrons. The van der Waals surface area contributed by atoms with Crippen LogP contribution in [0.4, 0.5) is 11.4 Å². The summed E-state index contributed by atoms with van der Waals surface area (Å²) in [5.74, 6) is 0.505. The van der Waals surface area contributed by atoms with Crippen molar-refractivity contribution >= 4 is 28.8 Å². The Labute approximate surface area is 193 Å². The highest BCUT2D eigenvalue weighted by atomic mass is 16.5. The average molecular weight is 443 g/mol. The Hall–Kier alpha value is -4.06. The lowest BCUT2D eigenvalue weighted by molar-refractivity contribution is -0.120. The van der Waals surface area contributed by atoms with E-state index in [0.717, 1.165) is 5.56 Å². The van der Waals surface area contributed by atoms with Gasteiger partial charge in [0.1, 0.15) is 17.2 Å². The van der Waals surface area contributed by atoms with Gasteiger partial charge in [0, 0.05) is 0 Å². The second kappa shape index (κ2) is 9.61. The first-order valence-electron chi connectivity index (χ1n) is 10.9. The maximum atomic E-state index is 13.6. The largest absolute Gasteiger partial charge is 0.494 e. The summed E-state index contributed by atoms with van der Waals surface area (Å²) < 4.78 is 11.2. The highest BCUT2D eigenvalue weighted by Gasteiger charge is 2.40. The van der Waals surface area contributed by atoms with E-state index in [1.165, 1.54) is 4.90 Å². The molecule has 0 saturated carbocycles. The van der Waals surface area contributed by atoms with E-state index in [0.29, 0.717) is 47.2 Å². The second-order valence-electron chi connectivity index (χ2n) is 7.55. The van der Waals surface area contributed by atoms with Crippen molar-refractivity contribution in [3.8, 4) is 11.5 Å². The minimum absolute atomic E-state index is 0.206. The van der Waals surface area contributed by atoms with Crippen LogP contribution in [-0.4, -0.2) is 25.0 Å². The smallest absolute Gasteiger partial charge is 0.282 e. The molecule has 0 saturated heterocycles. The molecule has 1 aliphatic heterocycles. The number of carbonyl (C=O) groups is 2. The number of imide groups is 1. The molecule has 0 atom stereocenters. The van der Waals surface area contributed by atoms with Crippen LogP contribution in [0.5, 0.6) is 11.5 Å². The number of ether oxygens (including phenoxy) is 2. The molecule has 1 heterocycles. The molecule has 4 rings (SSSR count). The number of anilines is 2. The van der Waals surface area contributed by atoms with Crippen molar-refractivity contribution in [1.82, 2.24) is 0 Å². The first kappa shape index (κ1) is 22.1. The highest BCUT2D eigenvalue weighted by molar-refractivity contribution is 6.46. The van der Waals surface area contributed by atoms with Crippen molar-refractivity contribution in [2.75, 3.05) is 23.4 Å². The number of rotatable bonds is 8. The quantitative estimate of drug-likeness (QED) is 0.487. The first-order chi connectivity index (χ1) is 16.0. The van der Waals surface area contributed by atoms with E-state index in [1.807, 2.05) is 63.2 Å². The van der Waals surface area contributed by atoms with Crippen molar-refractivity contribution < 1.29 is 19.1 Å². The SMILES string of the molecule is CCOc1ccc(C2=C(Nc3ccccc3OCC)C(=O)N(c3cccc(C)c3)C2=O)cc1. The van der Waals surface area contributed by atoms with Crippen LogP contribution in [0.2, 0.25) is 0 Å². The third-order valence-corrected chi connectivity index (χ3v) is 5.24. The maximum Gasteiger partial charge on any atom is 0.282 e. The summed E-state index contributed by atoms with van der Waals surface area (Å²) in [6.45, 7) is 6.75. The summed E-state index contributed by atoms with van der Waals surface area (Å²) >= 11 is 0. The number of aryl methyl sites for hydroxylation is 1. The lowest BCUT2D eigenvalue weighted by Crippen LogP contribution is -2.32. The molecule has 1 aliphatic rings. The molecule has 3 aromatic carbocycles. The molecule has 0 bridgehead atoms. The van der Waals surface area contributed by atoms with Gasteiger partial charge < -0.3 is 14.8 Å². The first-order valence-corrected chi connectivity index (χ1v) is 10.9. The summed E-state index contributed by atoms with van der Waals surface area (Å²) in [6, 6.07) is 21.9. The van der Waals surface area contributed by atoms with Crippen molar-refractivity contribution in [2.45, 2.75) is 20.8 Å². The van der Waals surface area contributed by atoms with Crippen LogP contribution in [0.3, 0.4) is 0 Å². The van der Waals surface area contributed by atoms with Crippen LogP contribution in [0.15, 0.2) is 78.5 Å². The Kier molecular flexibility index (Phi) is 6.45. The Morgan fingerprint density at radius 3 is 2.24 bits per heavy atom. The van der Waals surface area contributed by atoms with Crippen LogP contribution in [0, 0.1) is 6.92 Å². The van der Waals surface area contributed by atoms with Gasteiger partial charge in [-0.25, -0.2) is 4.90 Å². The fourth-order valence-electron chi connectivity index (χ4n) is 3.79. The number of benzene rings is 3. The predicted molar refractivity (Wildman–Crippen MR) is 129 cm³/mol. The van der Waals surface area contributed by atoms with Crippen LogP contribution >= 0.6 is 0 Å². The van der Waals surface area contributed by atoms with Gasteiger partial charge in [-0.2, -0.15) is 0 Å². The Morgan fingerprint density at radius 2 is 1.55 bits per heavy atom.